The molecule has 4 fully saturated rings. The van der Waals surface area contributed by atoms with Crippen molar-refractivity contribution in [3.05, 3.63) is 71.3 Å². The standard InChI is InChI=1S/C23H26N2O2/c26-23(27)19-9-5-4-8-18(19)14-25-15-20(16-6-2-1-3-7-16)22-21(25)17-10-12-24(22)13-11-17/h1-9,17,20-22H,10-15H2,(H,26,27)/t20-,21-,22-/m1/s1. The molecule has 4 aliphatic rings. The molecule has 4 heterocycles. The van der Waals surface area contributed by atoms with E-state index in [0.717, 1.165) is 24.6 Å². The fraction of sp³-hybridized carbons (Fsp3) is 0.435. The van der Waals surface area contributed by atoms with E-state index < -0.39 is 5.97 Å². The second-order valence-electron chi connectivity index (χ2n) is 8.26. The Morgan fingerprint density at radius 1 is 0.963 bits per heavy atom. The van der Waals surface area contributed by atoms with Gasteiger partial charge in [-0.1, -0.05) is 48.5 Å². The average molecular weight is 362 g/mol. The summed E-state index contributed by atoms with van der Waals surface area (Å²) in [6, 6.07) is 19.5. The van der Waals surface area contributed by atoms with Crippen molar-refractivity contribution in [2.24, 2.45) is 5.92 Å². The summed E-state index contributed by atoms with van der Waals surface area (Å²) in [4.78, 5) is 16.9. The number of carboxylic acids is 1. The molecule has 0 amide bonds. The molecule has 0 aromatic heterocycles. The van der Waals surface area contributed by atoms with Gasteiger partial charge in [0, 0.05) is 31.1 Å². The van der Waals surface area contributed by atoms with E-state index in [1.165, 1.54) is 31.5 Å². The molecule has 4 nitrogen and oxygen atoms in total. The summed E-state index contributed by atoms with van der Waals surface area (Å²) in [5, 5.41) is 9.58. The number of piperidine rings is 3. The zero-order valence-corrected chi connectivity index (χ0v) is 15.5. The zero-order valence-electron chi connectivity index (χ0n) is 15.5. The summed E-state index contributed by atoms with van der Waals surface area (Å²) in [7, 11) is 0. The summed E-state index contributed by atoms with van der Waals surface area (Å²) >= 11 is 0. The van der Waals surface area contributed by atoms with Crippen LogP contribution in [0.2, 0.25) is 0 Å². The maximum Gasteiger partial charge on any atom is 0.336 e. The van der Waals surface area contributed by atoms with Gasteiger partial charge in [-0.05, 0) is 49.0 Å². The summed E-state index contributed by atoms with van der Waals surface area (Å²) in [5.74, 6) is 0.428. The predicted molar refractivity (Wildman–Crippen MR) is 105 cm³/mol. The molecule has 4 heteroatoms. The quantitative estimate of drug-likeness (QED) is 0.905. The Bertz CT molecular complexity index is 829. The number of rotatable bonds is 4. The molecule has 140 valence electrons. The van der Waals surface area contributed by atoms with Crippen LogP contribution in [0.4, 0.5) is 0 Å². The van der Waals surface area contributed by atoms with E-state index in [-0.39, 0.29) is 0 Å². The minimum absolute atomic E-state index is 0.443. The van der Waals surface area contributed by atoms with Gasteiger partial charge in [-0.3, -0.25) is 9.80 Å². The first-order valence-electron chi connectivity index (χ1n) is 10.1. The lowest BCUT2D eigenvalue weighted by atomic mass is 9.75. The number of likely N-dealkylation sites (tertiary alicyclic amines) is 1. The number of carbonyl (C=O) groups is 1. The van der Waals surface area contributed by atoms with Gasteiger partial charge in [0.05, 0.1) is 5.56 Å². The van der Waals surface area contributed by atoms with Crippen molar-refractivity contribution in [2.45, 2.75) is 37.4 Å². The van der Waals surface area contributed by atoms with Crippen molar-refractivity contribution >= 4 is 5.97 Å². The third-order valence-corrected chi connectivity index (χ3v) is 6.94. The molecule has 2 bridgehead atoms. The van der Waals surface area contributed by atoms with Gasteiger partial charge >= 0.3 is 5.97 Å². The predicted octanol–water partition coefficient (Wildman–Crippen LogP) is 3.45. The van der Waals surface area contributed by atoms with Crippen molar-refractivity contribution in [1.29, 1.82) is 0 Å². The summed E-state index contributed by atoms with van der Waals surface area (Å²) in [6.45, 7) is 4.18. The summed E-state index contributed by atoms with van der Waals surface area (Å²) in [5.41, 5.74) is 2.81. The van der Waals surface area contributed by atoms with Gasteiger partial charge in [0.25, 0.3) is 0 Å². The van der Waals surface area contributed by atoms with E-state index in [2.05, 4.69) is 40.1 Å². The highest BCUT2D eigenvalue weighted by Gasteiger charge is 2.53. The molecular formula is C23H26N2O2. The lowest BCUT2D eigenvalue weighted by Gasteiger charge is -2.51. The molecule has 0 saturated carbocycles. The Hall–Kier alpha value is -2.17. The lowest BCUT2D eigenvalue weighted by Crippen LogP contribution is -2.60. The number of hydrogen-bond acceptors (Lipinski definition) is 3. The maximum absolute atomic E-state index is 11.7. The van der Waals surface area contributed by atoms with Gasteiger partial charge in [-0.15, -0.1) is 0 Å². The van der Waals surface area contributed by atoms with Gasteiger partial charge in [-0.25, -0.2) is 4.79 Å². The fourth-order valence-electron chi connectivity index (χ4n) is 5.80. The van der Waals surface area contributed by atoms with Crippen LogP contribution in [0.3, 0.4) is 0 Å². The molecule has 0 aliphatic carbocycles. The number of hydrogen-bond donors (Lipinski definition) is 1. The average Bonchev–Trinajstić information content (AvgIpc) is 3.11. The van der Waals surface area contributed by atoms with E-state index in [9.17, 15) is 9.90 Å². The molecule has 4 aliphatic heterocycles. The monoisotopic (exact) mass is 362 g/mol. The Morgan fingerprint density at radius 2 is 1.67 bits per heavy atom. The minimum Gasteiger partial charge on any atom is -0.478 e. The molecule has 4 saturated heterocycles. The fourth-order valence-corrected chi connectivity index (χ4v) is 5.80. The number of nitrogens with zero attached hydrogens (tertiary/aromatic N) is 2. The Labute approximate surface area is 160 Å². The molecule has 0 spiro atoms. The van der Waals surface area contributed by atoms with Crippen LogP contribution < -0.4 is 0 Å². The Morgan fingerprint density at radius 3 is 2.41 bits per heavy atom. The molecule has 0 radical (unpaired) electrons. The molecule has 2 aromatic rings. The van der Waals surface area contributed by atoms with Crippen molar-refractivity contribution in [3.63, 3.8) is 0 Å². The van der Waals surface area contributed by atoms with E-state index >= 15 is 0 Å². The highest BCUT2D eigenvalue weighted by Crippen LogP contribution is 2.47. The first-order valence-corrected chi connectivity index (χ1v) is 10.1. The van der Waals surface area contributed by atoms with E-state index in [0.29, 0.717) is 23.6 Å². The van der Waals surface area contributed by atoms with Crippen LogP contribution in [0, 0.1) is 5.92 Å². The smallest absolute Gasteiger partial charge is 0.336 e. The van der Waals surface area contributed by atoms with Crippen LogP contribution >= 0.6 is 0 Å². The SMILES string of the molecule is O=C(O)c1ccccc1CN1C[C@H](c2ccccc2)[C@@H]2[C@H]1C1CCN2CC1. The second kappa shape index (κ2) is 6.77. The van der Waals surface area contributed by atoms with E-state index in [1.54, 1.807) is 6.07 Å². The van der Waals surface area contributed by atoms with Crippen LogP contribution in [0.15, 0.2) is 54.6 Å². The number of benzene rings is 2. The second-order valence-corrected chi connectivity index (χ2v) is 8.26. The van der Waals surface area contributed by atoms with Crippen LogP contribution in [0.1, 0.15) is 40.2 Å². The highest BCUT2D eigenvalue weighted by molar-refractivity contribution is 5.89. The summed E-state index contributed by atoms with van der Waals surface area (Å²) < 4.78 is 0. The van der Waals surface area contributed by atoms with Gasteiger partial charge in [-0.2, -0.15) is 0 Å². The van der Waals surface area contributed by atoms with Crippen LogP contribution in [-0.4, -0.2) is 52.6 Å². The first-order chi connectivity index (χ1) is 13.2. The molecule has 1 N–H and O–H groups in total. The molecular weight excluding hydrogens is 336 g/mol. The van der Waals surface area contributed by atoms with Crippen LogP contribution in [-0.2, 0) is 6.54 Å². The first kappa shape index (κ1) is 17.0. The van der Waals surface area contributed by atoms with Crippen molar-refractivity contribution < 1.29 is 9.90 Å². The third kappa shape index (κ3) is 2.88. The van der Waals surface area contributed by atoms with Crippen LogP contribution in [0.25, 0.3) is 0 Å². The van der Waals surface area contributed by atoms with Gasteiger partial charge in [0.1, 0.15) is 0 Å². The third-order valence-electron chi connectivity index (χ3n) is 6.94. The largest absolute Gasteiger partial charge is 0.478 e. The Kier molecular flexibility index (Phi) is 4.25. The number of aromatic carboxylic acids is 1. The lowest BCUT2D eigenvalue weighted by molar-refractivity contribution is -0.00876. The maximum atomic E-state index is 11.7. The highest BCUT2D eigenvalue weighted by atomic mass is 16.4. The summed E-state index contributed by atoms with van der Waals surface area (Å²) in [6.07, 6.45) is 2.56. The normalized spacial score (nSPS) is 32.4. The number of carboxylic acid groups (broad SMARTS) is 1. The molecule has 27 heavy (non-hydrogen) atoms. The van der Waals surface area contributed by atoms with Gasteiger partial charge in [0.15, 0.2) is 0 Å². The molecule has 2 aromatic carbocycles. The molecule has 6 rings (SSSR count). The van der Waals surface area contributed by atoms with Crippen LogP contribution in [0.5, 0.6) is 0 Å². The zero-order chi connectivity index (χ0) is 18.4. The minimum atomic E-state index is -0.824. The van der Waals surface area contributed by atoms with E-state index in [1.807, 2.05) is 18.2 Å². The van der Waals surface area contributed by atoms with E-state index in [4.69, 9.17) is 0 Å². The number of fused-ring (bicyclic) bond motifs is 2. The van der Waals surface area contributed by atoms with Gasteiger partial charge < -0.3 is 5.11 Å². The van der Waals surface area contributed by atoms with Crippen molar-refractivity contribution in [1.82, 2.24) is 9.80 Å². The van der Waals surface area contributed by atoms with Gasteiger partial charge in [0.2, 0.25) is 0 Å². The van der Waals surface area contributed by atoms with Crippen molar-refractivity contribution in [3.8, 4) is 0 Å². The molecule has 0 unspecified atom stereocenters. The van der Waals surface area contributed by atoms with Crippen molar-refractivity contribution in [2.75, 3.05) is 19.6 Å². The topological polar surface area (TPSA) is 43.8 Å². The Balaban J connectivity index is 1.49. The molecule has 3 atom stereocenters.